The van der Waals surface area contributed by atoms with Gasteiger partial charge in [-0.1, -0.05) is 39.5 Å². The number of hydrogen-bond acceptors (Lipinski definition) is 1. The van der Waals surface area contributed by atoms with E-state index in [1.54, 1.807) is 0 Å². The summed E-state index contributed by atoms with van der Waals surface area (Å²) in [6, 6.07) is 8.50. The highest BCUT2D eigenvalue weighted by Gasteiger charge is 2.12. The number of nitrogens with one attached hydrogen (secondary N) is 1. The quantitative estimate of drug-likeness (QED) is 0.743. The van der Waals surface area contributed by atoms with E-state index in [0.29, 0.717) is 0 Å². The Morgan fingerprint density at radius 2 is 1.64 bits per heavy atom. The molecule has 1 aromatic rings. The molecule has 0 amide bonds. The molecular weight excluding hydrogens is 170 g/mol. The van der Waals surface area contributed by atoms with Gasteiger partial charge in [-0.05, 0) is 30.0 Å². The molecule has 0 bridgehead atoms. The molecule has 1 heteroatoms. The topological polar surface area (TPSA) is 12.0 Å². The Balaban J connectivity index is 2.84. The zero-order valence-electron chi connectivity index (χ0n) is 9.52. The van der Waals surface area contributed by atoms with Gasteiger partial charge in [0.2, 0.25) is 0 Å². The summed E-state index contributed by atoms with van der Waals surface area (Å²) in [5.74, 6) is 0. The zero-order chi connectivity index (χ0) is 10.8. The third-order valence-electron chi connectivity index (χ3n) is 2.11. The smallest absolute Gasteiger partial charge is 0.0381 e. The highest BCUT2D eigenvalue weighted by Crippen LogP contribution is 2.23. The van der Waals surface area contributed by atoms with Crippen LogP contribution in [-0.4, -0.2) is 0 Å². The second-order valence-corrected chi connectivity index (χ2v) is 4.73. The van der Waals surface area contributed by atoms with Crippen LogP contribution in [0.2, 0.25) is 0 Å². The van der Waals surface area contributed by atoms with Crippen molar-refractivity contribution in [2.24, 2.45) is 0 Å². The van der Waals surface area contributed by atoms with Gasteiger partial charge in [-0.2, -0.15) is 0 Å². The molecule has 0 aliphatic rings. The SMILES string of the molecule is C=C(C)Nc1ccc(C(C)(C)C)cc1. The molecule has 0 aliphatic carbocycles. The summed E-state index contributed by atoms with van der Waals surface area (Å²) in [5.41, 5.74) is 3.64. The third-order valence-corrected chi connectivity index (χ3v) is 2.11. The Morgan fingerprint density at radius 1 is 1.14 bits per heavy atom. The summed E-state index contributed by atoms with van der Waals surface area (Å²) >= 11 is 0. The molecule has 0 heterocycles. The molecule has 1 nitrogen and oxygen atoms in total. The molecule has 0 saturated carbocycles. The lowest BCUT2D eigenvalue weighted by Crippen LogP contribution is -2.10. The van der Waals surface area contributed by atoms with Gasteiger partial charge in [-0.15, -0.1) is 0 Å². The van der Waals surface area contributed by atoms with E-state index in [4.69, 9.17) is 0 Å². The summed E-state index contributed by atoms with van der Waals surface area (Å²) in [5, 5.41) is 3.19. The first kappa shape index (κ1) is 10.8. The normalized spacial score (nSPS) is 11.1. The Labute approximate surface area is 86.8 Å². The largest absolute Gasteiger partial charge is 0.360 e. The van der Waals surface area contributed by atoms with Gasteiger partial charge in [0.15, 0.2) is 0 Å². The average Bonchev–Trinajstić information content (AvgIpc) is 2.02. The molecule has 0 saturated heterocycles. The van der Waals surface area contributed by atoms with Crippen molar-refractivity contribution in [3.63, 3.8) is 0 Å². The Hall–Kier alpha value is -1.24. The van der Waals surface area contributed by atoms with Crippen LogP contribution >= 0.6 is 0 Å². The first-order valence-electron chi connectivity index (χ1n) is 4.92. The van der Waals surface area contributed by atoms with E-state index < -0.39 is 0 Å². The monoisotopic (exact) mass is 189 g/mol. The van der Waals surface area contributed by atoms with Gasteiger partial charge in [0.1, 0.15) is 0 Å². The van der Waals surface area contributed by atoms with E-state index in [1.165, 1.54) is 5.56 Å². The molecule has 0 radical (unpaired) electrons. The molecule has 0 unspecified atom stereocenters. The maximum atomic E-state index is 3.81. The van der Waals surface area contributed by atoms with Gasteiger partial charge in [0.25, 0.3) is 0 Å². The fourth-order valence-electron chi connectivity index (χ4n) is 1.30. The van der Waals surface area contributed by atoms with E-state index in [2.05, 4.69) is 56.9 Å². The lowest BCUT2D eigenvalue weighted by Gasteiger charge is -2.19. The van der Waals surface area contributed by atoms with Crippen LogP contribution in [0, 0.1) is 0 Å². The number of rotatable bonds is 2. The maximum absolute atomic E-state index is 3.81. The first-order valence-corrected chi connectivity index (χ1v) is 4.92. The van der Waals surface area contributed by atoms with E-state index >= 15 is 0 Å². The molecule has 0 aliphatic heterocycles. The van der Waals surface area contributed by atoms with Crippen LogP contribution in [0.25, 0.3) is 0 Å². The molecule has 1 rings (SSSR count). The Morgan fingerprint density at radius 3 is 2.00 bits per heavy atom. The van der Waals surface area contributed by atoms with E-state index in [1.807, 2.05) is 6.92 Å². The summed E-state index contributed by atoms with van der Waals surface area (Å²) in [6.07, 6.45) is 0. The van der Waals surface area contributed by atoms with Gasteiger partial charge in [0.05, 0.1) is 0 Å². The lowest BCUT2D eigenvalue weighted by molar-refractivity contribution is 0.590. The van der Waals surface area contributed by atoms with E-state index in [0.717, 1.165) is 11.4 Å². The molecule has 0 spiro atoms. The van der Waals surface area contributed by atoms with Gasteiger partial charge in [-0.25, -0.2) is 0 Å². The number of hydrogen-bond donors (Lipinski definition) is 1. The summed E-state index contributed by atoms with van der Waals surface area (Å²) < 4.78 is 0. The van der Waals surface area contributed by atoms with Crippen LogP contribution in [0.3, 0.4) is 0 Å². The summed E-state index contributed by atoms with van der Waals surface area (Å²) in [6.45, 7) is 12.4. The average molecular weight is 189 g/mol. The fraction of sp³-hybridized carbons (Fsp3) is 0.385. The Bertz CT molecular complexity index is 314. The second-order valence-electron chi connectivity index (χ2n) is 4.73. The molecule has 1 aromatic carbocycles. The minimum Gasteiger partial charge on any atom is -0.360 e. The first-order chi connectivity index (χ1) is 6.39. The third kappa shape index (κ3) is 2.91. The minimum absolute atomic E-state index is 0.224. The van der Waals surface area contributed by atoms with Gasteiger partial charge in [0, 0.05) is 11.4 Å². The van der Waals surface area contributed by atoms with Crippen molar-refractivity contribution in [1.82, 2.24) is 0 Å². The maximum Gasteiger partial charge on any atom is 0.0381 e. The predicted octanol–water partition coefficient (Wildman–Crippen LogP) is 3.93. The molecule has 0 aromatic heterocycles. The molecule has 0 atom stereocenters. The number of anilines is 1. The standard InChI is InChI=1S/C13H19N/c1-10(2)14-12-8-6-11(7-9-12)13(3,4)5/h6-9,14H,1H2,2-5H3. The van der Waals surface area contributed by atoms with E-state index in [-0.39, 0.29) is 5.41 Å². The van der Waals surface area contributed by atoms with Crippen molar-refractivity contribution >= 4 is 5.69 Å². The van der Waals surface area contributed by atoms with Crippen molar-refractivity contribution in [1.29, 1.82) is 0 Å². The van der Waals surface area contributed by atoms with Crippen LogP contribution in [0.5, 0.6) is 0 Å². The Kier molecular flexibility index (Phi) is 3.00. The molecule has 14 heavy (non-hydrogen) atoms. The molecule has 1 N–H and O–H groups in total. The molecule has 0 fully saturated rings. The van der Waals surface area contributed by atoms with E-state index in [9.17, 15) is 0 Å². The van der Waals surface area contributed by atoms with Crippen LogP contribution < -0.4 is 5.32 Å². The van der Waals surface area contributed by atoms with Crippen LogP contribution in [0.15, 0.2) is 36.5 Å². The minimum atomic E-state index is 0.224. The number of benzene rings is 1. The van der Waals surface area contributed by atoms with Gasteiger partial charge >= 0.3 is 0 Å². The molecule has 76 valence electrons. The van der Waals surface area contributed by atoms with Crippen LogP contribution in [-0.2, 0) is 5.41 Å². The zero-order valence-corrected chi connectivity index (χ0v) is 9.52. The van der Waals surface area contributed by atoms with Crippen LogP contribution in [0.4, 0.5) is 5.69 Å². The van der Waals surface area contributed by atoms with Gasteiger partial charge in [-0.3, -0.25) is 0 Å². The van der Waals surface area contributed by atoms with Crippen molar-refractivity contribution in [3.8, 4) is 0 Å². The van der Waals surface area contributed by atoms with Crippen LogP contribution in [0.1, 0.15) is 33.3 Å². The molecular formula is C13H19N. The second kappa shape index (κ2) is 3.87. The lowest BCUT2D eigenvalue weighted by atomic mass is 9.87. The summed E-state index contributed by atoms with van der Waals surface area (Å²) in [7, 11) is 0. The van der Waals surface area contributed by atoms with Crippen molar-refractivity contribution in [2.75, 3.05) is 5.32 Å². The van der Waals surface area contributed by atoms with Crippen molar-refractivity contribution < 1.29 is 0 Å². The highest BCUT2D eigenvalue weighted by molar-refractivity contribution is 5.49. The summed E-state index contributed by atoms with van der Waals surface area (Å²) in [4.78, 5) is 0. The number of allylic oxidation sites excluding steroid dienone is 1. The van der Waals surface area contributed by atoms with Crippen molar-refractivity contribution in [3.05, 3.63) is 42.1 Å². The highest BCUT2D eigenvalue weighted by atomic mass is 14.9. The van der Waals surface area contributed by atoms with Crippen molar-refractivity contribution in [2.45, 2.75) is 33.1 Å². The van der Waals surface area contributed by atoms with Gasteiger partial charge < -0.3 is 5.32 Å². The predicted molar refractivity (Wildman–Crippen MR) is 63.6 cm³/mol. The fourth-order valence-corrected chi connectivity index (χ4v) is 1.30.